The molecule has 15 heteroatoms. The third-order valence-electron chi connectivity index (χ3n) is 4.14. The first-order chi connectivity index (χ1) is 15.9. The number of hydrogen-bond donors (Lipinski definition) is 5. The number of rotatable bonds is 10. The fraction of sp³-hybridized carbons (Fsp3) is 0.526. The fourth-order valence-electron chi connectivity index (χ4n) is 2.80. The van der Waals surface area contributed by atoms with Crippen molar-refractivity contribution < 1.29 is 29.0 Å². The maximum absolute atomic E-state index is 12.8. The van der Waals surface area contributed by atoms with Gasteiger partial charge in [0.05, 0.1) is 6.33 Å². The van der Waals surface area contributed by atoms with Crippen LogP contribution in [-0.2, 0) is 25.7 Å². The monoisotopic (exact) mass is 479 g/mol. The standard InChI is InChI=1S/C19H29N9O6/c1-19(2,3)34-18(33)22-6-7-27(9-13(31)32)12(30)8-28-10-23-14-15(24-11(29)4-5-20)25-17(21)26-16(14)28/h10H,4-9,20H2,1-3H3,(H,22,33)(H,31,32)(H3,21,24,25,26,29). The number of anilines is 2. The van der Waals surface area contributed by atoms with Crippen molar-refractivity contribution in [1.82, 2.24) is 29.7 Å². The molecule has 34 heavy (non-hydrogen) atoms. The summed E-state index contributed by atoms with van der Waals surface area (Å²) in [5.41, 5.74) is 10.8. The largest absolute Gasteiger partial charge is 0.480 e. The zero-order chi connectivity index (χ0) is 25.5. The normalized spacial score (nSPS) is 11.2. The second-order valence-electron chi connectivity index (χ2n) is 8.20. The number of nitrogens with one attached hydrogen (secondary N) is 2. The van der Waals surface area contributed by atoms with Gasteiger partial charge in [0.25, 0.3) is 0 Å². The molecule has 0 saturated heterocycles. The van der Waals surface area contributed by atoms with Crippen LogP contribution in [0, 0.1) is 0 Å². The molecule has 2 aromatic heterocycles. The number of hydrogen-bond acceptors (Lipinski definition) is 10. The Labute approximate surface area is 194 Å². The minimum absolute atomic E-state index is 0.0228. The zero-order valence-electron chi connectivity index (χ0n) is 19.2. The number of carbonyl (C=O) groups excluding carboxylic acids is 3. The molecule has 2 heterocycles. The first kappa shape index (κ1) is 26.2. The number of nitrogen functional groups attached to an aromatic ring is 1. The van der Waals surface area contributed by atoms with E-state index in [4.69, 9.17) is 16.2 Å². The smallest absolute Gasteiger partial charge is 0.407 e. The highest BCUT2D eigenvalue weighted by Crippen LogP contribution is 2.20. The summed E-state index contributed by atoms with van der Waals surface area (Å²) in [5, 5.41) is 14.2. The van der Waals surface area contributed by atoms with Gasteiger partial charge in [-0.15, -0.1) is 0 Å². The van der Waals surface area contributed by atoms with Gasteiger partial charge in [0.2, 0.25) is 17.8 Å². The van der Waals surface area contributed by atoms with E-state index in [0.717, 1.165) is 4.90 Å². The van der Waals surface area contributed by atoms with Crippen molar-refractivity contribution >= 4 is 46.8 Å². The topological polar surface area (TPSA) is 221 Å². The second-order valence-corrected chi connectivity index (χ2v) is 8.20. The van der Waals surface area contributed by atoms with Crippen LogP contribution in [0.2, 0.25) is 0 Å². The number of fused-ring (bicyclic) bond motifs is 1. The lowest BCUT2D eigenvalue weighted by Crippen LogP contribution is -2.43. The van der Waals surface area contributed by atoms with Gasteiger partial charge in [-0.3, -0.25) is 14.4 Å². The number of carbonyl (C=O) groups is 4. The van der Waals surface area contributed by atoms with E-state index in [0.29, 0.717) is 0 Å². The van der Waals surface area contributed by atoms with Gasteiger partial charge in [0, 0.05) is 26.1 Å². The first-order valence-electron chi connectivity index (χ1n) is 10.3. The fourth-order valence-corrected chi connectivity index (χ4v) is 2.80. The zero-order valence-corrected chi connectivity index (χ0v) is 19.2. The number of nitrogens with two attached hydrogens (primary N) is 2. The Morgan fingerprint density at radius 1 is 1.24 bits per heavy atom. The Balaban J connectivity index is 2.14. The van der Waals surface area contributed by atoms with Crippen LogP contribution in [0.5, 0.6) is 0 Å². The number of aromatic nitrogens is 4. The van der Waals surface area contributed by atoms with Gasteiger partial charge >= 0.3 is 12.1 Å². The van der Waals surface area contributed by atoms with Gasteiger partial charge in [-0.25, -0.2) is 9.78 Å². The van der Waals surface area contributed by atoms with Crippen LogP contribution in [0.3, 0.4) is 0 Å². The first-order valence-corrected chi connectivity index (χ1v) is 10.3. The van der Waals surface area contributed by atoms with Gasteiger partial charge in [0.1, 0.15) is 18.7 Å². The molecule has 15 nitrogen and oxygen atoms in total. The average Bonchev–Trinajstić information content (AvgIpc) is 3.08. The summed E-state index contributed by atoms with van der Waals surface area (Å²) in [6.07, 6.45) is 0.673. The van der Waals surface area contributed by atoms with Gasteiger partial charge in [-0.2, -0.15) is 9.97 Å². The number of amides is 3. The van der Waals surface area contributed by atoms with E-state index in [-0.39, 0.29) is 55.5 Å². The Morgan fingerprint density at radius 3 is 2.56 bits per heavy atom. The summed E-state index contributed by atoms with van der Waals surface area (Å²) >= 11 is 0. The minimum Gasteiger partial charge on any atom is -0.480 e. The van der Waals surface area contributed by atoms with E-state index < -0.39 is 36.0 Å². The Hall–Kier alpha value is -4.01. The van der Waals surface area contributed by atoms with Crippen LogP contribution in [0.1, 0.15) is 27.2 Å². The predicted octanol–water partition coefficient (Wildman–Crippen LogP) is -0.866. The van der Waals surface area contributed by atoms with Crippen molar-refractivity contribution in [2.24, 2.45) is 5.73 Å². The van der Waals surface area contributed by atoms with Gasteiger partial charge in [0.15, 0.2) is 17.0 Å². The van der Waals surface area contributed by atoms with E-state index in [1.165, 1.54) is 10.9 Å². The Morgan fingerprint density at radius 2 is 1.94 bits per heavy atom. The lowest BCUT2D eigenvalue weighted by atomic mass is 10.2. The SMILES string of the molecule is CC(C)(C)OC(=O)NCCN(CC(=O)O)C(=O)Cn1cnc2c(NC(=O)CCN)nc(N)nc21. The molecule has 0 fully saturated rings. The average molecular weight is 479 g/mol. The highest BCUT2D eigenvalue weighted by molar-refractivity contribution is 5.97. The van der Waals surface area contributed by atoms with Crippen molar-refractivity contribution in [2.45, 2.75) is 39.3 Å². The van der Waals surface area contributed by atoms with Crippen LogP contribution >= 0.6 is 0 Å². The van der Waals surface area contributed by atoms with Crippen LogP contribution < -0.4 is 22.1 Å². The quantitative estimate of drug-likeness (QED) is 0.282. The van der Waals surface area contributed by atoms with E-state index in [2.05, 4.69) is 25.6 Å². The van der Waals surface area contributed by atoms with E-state index in [1.807, 2.05) is 0 Å². The minimum atomic E-state index is -1.22. The molecular formula is C19H29N9O6. The summed E-state index contributed by atoms with van der Waals surface area (Å²) in [6.45, 7) is 4.25. The predicted molar refractivity (Wildman–Crippen MR) is 120 cm³/mol. The summed E-state index contributed by atoms with van der Waals surface area (Å²) in [4.78, 5) is 61.0. The third-order valence-corrected chi connectivity index (χ3v) is 4.14. The Bertz CT molecular complexity index is 1060. The summed E-state index contributed by atoms with van der Waals surface area (Å²) in [5.74, 6) is -2.28. The number of imidazole rings is 1. The number of aliphatic carboxylic acids is 1. The lowest BCUT2D eigenvalue weighted by molar-refractivity contribution is -0.144. The highest BCUT2D eigenvalue weighted by atomic mass is 16.6. The van der Waals surface area contributed by atoms with Crippen LogP contribution in [0.4, 0.5) is 16.6 Å². The number of nitrogens with zero attached hydrogens (tertiary/aromatic N) is 5. The Kier molecular flexibility index (Phi) is 8.66. The number of alkyl carbamates (subject to hydrolysis) is 1. The van der Waals surface area contributed by atoms with E-state index in [9.17, 15) is 24.3 Å². The highest BCUT2D eigenvalue weighted by Gasteiger charge is 2.21. The molecule has 0 spiro atoms. The molecule has 0 bridgehead atoms. The molecule has 2 rings (SSSR count). The third kappa shape index (κ3) is 7.84. The van der Waals surface area contributed by atoms with Crippen molar-refractivity contribution in [1.29, 1.82) is 0 Å². The number of carboxylic acids is 1. The van der Waals surface area contributed by atoms with E-state index in [1.54, 1.807) is 20.8 Å². The molecule has 0 aliphatic heterocycles. The number of carboxylic acid groups (broad SMARTS) is 1. The molecule has 0 aromatic carbocycles. The maximum Gasteiger partial charge on any atom is 0.407 e. The van der Waals surface area contributed by atoms with Gasteiger partial charge in [-0.1, -0.05) is 0 Å². The molecule has 0 aliphatic rings. The molecule has 186 valence electrons. The summed E-state index contributed by atoms with van der Waals surface area (Å²) < 4.78 is 6.47. The molecule has 0 unspecified atom stereocenters. The second kappa shape index (κ2) is 11.2. The summed E-state index contributed by atoms with van der Waals surface area (Å²) in [6, 6.07) is 0. The van der Waals surface area contributed by atoms with Crippen LogP contribution in [0.25, 0.3) is 11.2 Å². The summed E-state index contributed by atoms with van der Waals surface area (Å²) in [7, 11) is 0. The van der Waals surface area contributed by atoms with E-state index >= 15 is 0 Å². The van der Waals surface area contributed by atoms with Crippen molar-refractivity contribution in [3.05, 3.63) is 6.33 Å². The maximum atomic E-state index is 12.8. The van der Waals surface area contributed by atoms with Crippen LogP contribution in [0.15, 0.2) is 6.33 Å². The molecule has 7 N–H and O–H groups in total. The van der Waals surface area contributed by atoms with Crippen molar-refractivity contribution in [3.8, 4) is 0 Å². The molecule has 2 aromatic rings. The van der Waals surface area contributed by atoms with Gasteiger partial charge < -0.3 is 41.4 Å². The van der Waals surface area contributed by atoms with Crippen molar-refractivity contribution in [3.63, 3.8) is 0 Å². The van der Waals surface area contributed by atoms with Gasteiger partial charge in [-0.05, 0) is 20.8 Å². The molecule has 0 radical (unpaired) electrons. The lowest BCUT2D eigenvalue weighted by Gasteiger charge is -2.23. The molecule has 0 saturated carbocycles. The number of ether oxygens (including phenoxy) is 1. The molecular weight excluding hydrogens is 450 g/mol. The van der Waals surface area contributed by atoms with Crippen LogP contribution in [-0.4, -0.2) is 85.2 Å². The molecule has 0 aliphatic carbocycles. The van der Waals surface area contributed by atoms with Crippen molar-refractivity contribution in [2.75, 3.05) is 37.2 Å². The molecule has 3 amide bonds. The molecule has 0 atom stereocenters.